The normalized spacial score (nSPS) is 15.0. The van der Waals surface area contributed by atoms with Crippen LogP contribution in [0.3, 0.4) is 0 Å². The maximum atomic E-state index is 13.5. The highest BCUT2D eigenvalue weighted by Gasteiger charge is 2.43. The summed E-state index contributed by atoms with van der Waals surface area (Å²) in [4.78, 5) is 15.3. The van der Waals surface area contributed by atoms with Crippen molar-refractivity contribution in [3.05, 3.63) is 83.4 Å². The summed E-state index contributed by atoms with van der Waals surface area (Å²) >= 11 is 0. The number of H-pyrrole nitrogens is 1. The number of amides is 1. The fourth-order valence-corrected chi connectivity index (χ4v) is 4.39. The predicted molar refractivity (Wildman–Crippen MR) is 129 cm³/mol. The van der Waals surface area contributed by atoms with Gasteiger partial charge in [-0.3, -0.25) is 9.89 Å². The largest absolute Gasteiger partial charge is 0.507 e. The van der Waals surface area contributed by atoms with Crippen LogP contribution in [0, 0.1) is 5.92 Å². The lowest BCUT2D eigenvalue weighted by molar-refractivity contribution is 0.0716. The molecule has 8 nitrogen and oxygen atoms in total. The third-order valence-corrected chi connectivity index (χ3v) is 6.00. The Morgan fingerprint density at radius 2 is 1.97 bits per heavy atom. The molecule has 1 amide bonds. The number of para-hydroxylation sites is 1. The van der Waals surface area contributed by atoms with Crippen molar-refractivity contribution in [2.45, 2.75) is 26.4 Å². The van der Waals surface area contributed by atoms with E-state index in [1.807, 2.05) is 30.3 Å². The Morgan fingerprint density at radius 1 is 1.14 bits per heavy atom. The van der Waals surface area contributed by atoms with E-state index in [4.69, 9.17) is 13.9 Å². The molecule has 0 saturated carbocycles. The number of hydrogen-bond donors (Lipinski definition) is 2. The Bertz CT molecular complexity index is 1340. The number of nitrogens with zero attached hydrogens (tertiary/aromatic N) is 2. The second kappa shape index (κ2) is 9.21. The molecule has 5 rings (SSSR count). The van der Waals surface area contributed by atoms with E-state index in [0.29, 0.717) is 52.3 Å². The number of furan rings is 1. The smallest absolute Gasteiger partial charge is 0.273 e. The minimum absolute atomic E-state index is 0.0903. The van der Waals surface area contributed by atoms with Crippen LogP contribution in [0.4, 0.5) is 0 Å². The number of aromatic amines is 1. The molecular weight excluding hydrogens is 446 g/mol. The molecule has 35 heavy (non-hydrogen) atoms. The van der Waals surface area contributed by atoms with Crippen LogP contribution < -0.4 is 9.47 Å². The van der Waals surface area contributed by atoms with E-state index in [1.54, 1.807) is 42.5 Å². The number of phenols is 1. The first kappa shape index (κ1) is 22.6. The standard InChI is InChI=1S/C27H27N3O5/c1-16(2)15-35-21-11-10-17(13-22(21)33-3)26-23-24(19-8-4-5-9-20(19)31)28-29-25(23)27(32)30(26)14-18-7-6-12-34-18/h4-13,16,26,31H,14-15H2,1-3H3,(H,28,29). The van der Waals surface area contributed by atoms with Gasteiger partial charge in [-0.15, -0.1) is 0 Å². The molecule has 1 aliphatic rings. The summed E-state index contributed by atoms with van der Waals surface area (Å²) in [7, 11) is 1.60. The van der Waals surface area contributed by atoms with Gasteiger partial charge in [0.2, 0.25) is 0 Å². The maximum absolute atomic E-state index is 13.5. The number of methoxy groups -OCH3 is 1. The number of nitrogens with one attached hydrogen (secondary N) is 1. The van der Waals surface area contributed by atoms with Gasteiger partial charge in [0, 0.05) is 11.1 Å². The van der Waals surface area contributed by atoms with Crippen LogP contribution in [0.25, 0.3) is 11.3 Å². The summed E-state index contributed by atoms with van der Waals surface area (Å²) < 4.78 is 17.1. The summed E-state index contributed by atoms with van der Waals surface area (Å²) in [6.07, 6.45) is 1.59. The fraction of sp³-hybridized carbons (Fsp3) is 0.259. The molecule has 3 heterocycles. The maximum Gasteiger partial charge on any atom is 0.273 e. The molecule has 2 aromatic heterocycles. The first-order valence-electron chi connectivity index (χ1n) is 11.5. The first-order valence-corrected chi connectivity index (χ1v) is 11.5. The van der Waals surface area contributed by atoms with Gasteiger partial charge in [0.25, 0.3) is 5.91 Å². The van der Waals surface area contributed by atoms with Crippen molar-refractivity contribution < 1.29 is 23.8 Å². The van der Waals surface area contributed by atoms with Gasteiger partial charge in [-0.2, -0.15) is 5.10 Å². The van der Waals surface area contributed by atoms with E-state index >= 15 is 0 Å². The van der Waals surface area contributed by atoms with Crippen molar-refractivity contribution in [3.8, 4) is 28.5 Å². The highest BCUT2D eigenvalue weighted by Crippen LogP contribution is 2.46. The second-order valence-electron chi connectivity index (χ2n) is 8.91. The minimum atomic E-state index is -0.482. The van der Waals surface area contributed by atoms with Crippen molar-refractivity contribution >= 4 is 5.91 Å². The van der Waals surface area contributed by atoms with Gasteiger partial charge in [-0.1, -0.05) is 32.0 Å². The summed E-state index contributed by atoms with van der Waals surface area (Å²) in [6, 6.07) is 15.8. The van der Waals surface area contributed by atoms with Gasteiger partial charge in [0.15, 0.2) is 11.5 Å². The minimum Gasteiger partial charge on any atom is -0.507 e. The van der Waals surface area contributed by atoms with E-state index in [2.05, 4.69) is 24.0 Å². The van der Waals surface area contributed by atoms with Gasteiger partial charge >= 0.3 is 0 Å². The molecule has 2 aromatic carbocycles. The zero-order chi connectivity index (χ0) is 24.5. The van der Waals surface area contributed by atoms with Crippen LogP contribution in [0.1, 0.15) is 47.3 Å². The molecule has 0 bridgehead atoms. The molecule has 0 spiro atoms. The number of aromatic hydroxyl groups is 1. The van der Waals surface area contributed by atoms with Crippen molar-refractivity contribution in [1.82, 2.24) is 15.1 Å². The molecule has 0 fully saturated rings. The van der Waals surface area contributed by atoms with E-state index < -0.39 is 6.04 Å². The lowest BCUT2D eigenvalue weighted by atomic mass is 9.95. The Kier molecular flexibility index (Phi) is 5.94. The summed E-state index contributed by atoms with van der Waals surface area (Å²) in [6.45, 7) is 5.00. The molecule has 4 aromatic rings. The molecule has 8 heteroatoms. The number of aromatic nitrogens is 2. The number of carbonyl (C=O) groups excluding carboxylic acids is 1. The third kappa shape index (κ3) is 4.12. The average Bonchev–Trinajstić information content (AvgIpc) is 3.58. The van der Waals surface area contributed by atoms with E-state index in [1.165, 1.54) is 0 Å². The van der Waals surface area contributed by atoms with E-state index in [0.717, 1.165) is 5.56 Å². The number of ether oxygens (including phenoxy) is 2. The Morgan fingerprint density at radius 3 is 2.69 bits per heavy atom. The first-order chi connectivity index (χ1) is 17.0. The number of hydrogen-bond acceptors (Lipinski definition) is 6. The van der Waals surface area contributed by atoms with Crippen molar-refractivity contribution in [1.29, 1.82) is 0 Å². The molecule has 1 atom stereocenters. The van der Waals surface area contributed by atoms with Gasteiger partial charge < -0.3 is 23.9 Å². The molecule has 2 N–H and O–H groups in total. The van der Waals surface area contributed by atoms with Crippen LogP contribution in [0.5, 0.6) is 17.2 Å². The second-order valence-corrected chi connectivity index (χ2v) is 8.91. The molecule has 180 valence electrons. The number of carbonyl (C=O) groups is 1. The summed E-state index contributed by atoms with van der Waals surface area (Å²) in [5.41, 5.74) is 2.99. The summed E-state index contributed by atoms with van der Waals surface area (Å²) in [5, 5.41) is 17.9. The van der Waals surface area contributed by atoms with Crippen molar-refractivity contribution in [2.75, 3.05) is 13.7 Å². The predicted octanol–water partition coefficient (Wildman–Crippen LogP) is 5.16. The number of fused-ring (bicyclic) bond motifs is 1. The Balaban J connectivity index is 1.63. The molecule has 0 radical (unpaired) electrons. The van der Waals surface area contributed by atoms with Crippen molar-refractivity contribution in [2.24, 2.45) is 5.92 Å². The Hall–Kier alpha value is -4.20. The Labute approximate surface area is 203 Å². The quantitative estimate of drug-likeness (QED) is 0.366. The van der Waals surface area contributed by atoms with Crippen LogP contribution in [-0.2, 0) is 6.54 Å². The SMILES string of the molecule is COc1cc(C2c3c(-c4ccccc4O)n[nH]c3C(=O)N2Cc2ccco2)ccc1OCC(C)C. The number of phenolic OH excluding ortho intramolecular Hbond substituents is 1. The zero-order valence-electron chi connectivity index (χ0n) is 19.8. The highest BCUT2D eigenvalue weighted by atomic mass is 16.5. The van der Waals surface area contributed by atoms with Gasteiger partial charge in [0.05, 0.1) is 32.6 Å². The van der Waals surface area contributed by atoms with E-state index in [-0.39, 0.29) is 18.2 Å². The number of benzene rings is 2. The monoisotopic (exact) mass is 473 g/mol. The van der Waals surface area contributed by atoms with Crippen LogP contribution >= 0.6 is 0 Å². The van der Waals surface area contributed by atoms with E-state index in [9.17, 15) is 9.90 Å². The molecular formula is C27H27N3O5. The molecule has 1 unspecified atom stereocenters. The zero-order valence-corrected chi connectivity index (χ0v) is 19.8. The fourth-order valence-electron chi connectivity index (χ4n) is 4.39. The third-order valence-electron chi connectivity index (χ3n) is 6.00. The topological polar surface area (TPSA) is 101 Å². The molecule has 0 saturated heterocycles. The van der Waals surface area contributed by atoms with Crippen LogP contribution in [-0.4, -0.2) is 39.8 Å². The van der Waals surface area contributed by atoms with Gasteiger partial charge in [0.1, 0.15) is 22.9 Å². The van der Waals surface area contributed by atoms with Gasteiger partial charge in [-0.05, 0) is 47.9 Å². The lowest BCUT2D eigenvalue weighted by Crippen LogP contribution is -2.29. The molecule has 1 aliphatic heterocycles. The van der Waals surface area contributed by atoms with Crippen molar-refractivity contribution in [3.63, 3.8) is 0 Å². The lowest BCUT2D eigenvalue weighted by Gasteiger charge is -2.26. The number of rotatable bonds is 8. The van der Waals surface area contributed by atoms with Crippen LogP contribution in [0.2, 0.25) is 0 Å². The summed E-state index contributed by atoms with van der Waals surface area (Å²) in [5.74, 6) is 2.14. The van der Waals surface area contributed by atoms with Crippen LogP contribution in [0.15, 0.2) is 65.3 Å². The molecule has 0 aliphatic carbocycles. The highest BCUT2D eigenvalue weighted by molar-refractivity contribution is 6.00. The van der Waals surface area contributed by atoms with Gasteiger partial charge in [-0.25, -0.2) is 0 Å². The average molecular weight is 474 g/mol.